The number of nitrogens with zero attached hydrogens (tertiary/aromatic N) is 2. The first-order valence-electron chi connectivity index (χ1n) is 8.67. The van der Waals surface area contributed by atoms with Crippen molar-refractivity contribution in [3.05, 3.63) is 29.8 Å². The summed E-state index contributed by atoms with van der Waals surface area (Å²) in [4.78, 5) is 16.2. The van der Waals surface area contributed by atoms with Crippen LogP contribution >= 0.6 is 0 Å². The molecule has 0 N–H and O–H groups in total. The Bertz CT molecular complexity index is 485. The van der Waals surface area contributed by atoms with Crippen LogP contribution in [-0.4, -0.2) is 55.9 Å². The van der Waals surface area contributed by atoms with E-state index in [0.717, 1.165) is 51.3 Å². The van der Waals surface area contributed by atoms with Gasteiger partial charge in [-0.3, -0.25) is 9.69 Å². The van der Waals surface area contributed by atoms with Crippen molar-refractivity contribution in [1.82, 2.24) is 9.80 Å². The maximum Gasteiger partial charge on any atom is 0.147 e. The smallest absolute Gasteiger partial charge is 0.147 e. The molecule has 0 aromatic heterocycles. The van der Waals surface area contributed by atoms with Crippen LogP contribution in [-0.2, 0) is 11.3 Å². The fourth-order valence-electron chi connectivity index (χ4n) is 3.04. The molecule has 1 aromatic rings. The summed E-state index contributed by atoms with van der Waals surface area (Å²) in [6.45, 7) is 6.44. The number of piperidine rings is 1. The molecule has 1 fully saturated rings. The molecule has 0 spiro atoms. The van der Waals surface area contributed by atoms with E-state index in [1.807, 2.05) is 12.1 Å². The van der Waals surface area contributed by atoms with Crippen molar-refractivity contribution < 1.29 is 9.53 Å². The Morgan fingerprint density at radius 1 is 1.26 bits per heavy atom. The van der Waals surface area contributed by atoms with Crippen LogP contribution in [0, 0.1) is 5.92 Å². The number of ether oxygens (including phenoxy) is 1. The minimum atomic E-state index is 0.379. The largest absolute Gasteiger partial charge is 0.494 e. The van der Waals surface area contributed by atoms with Crippen molar-refractivity contribution in [1.29, 1.82) is 0 Å². The van der Waals surface area contributed by atoms with Crippen molar-refractivity contribution in [3.63, 3.8) is 0 Å². The maximum atomic E-state index is 11.8. The Hall–Kier alpha value is -1.39. The highest BCUT2D eigenvalue weighted by molar-refractivity contribution is 5.81. The maximum absolute atomic E-state index is 11.8. The molecular weight excluding hydrogens is 288 g/mol. The molecule has 1 heterocycles. The lowest BCUT2D eigenvalue weighted by Crippen LogP contribution is -2.40. The molecule has 0 radical (unpaired) electrons. The molecule has 4 nitrogen and oxygen atoms in total. The summed E-state index contributed by atoms with van der Waals surface area (Å²) >= 11 is 0. The number of rotatable bonds is 8. The summed E-state index contributed by atoms with van der Waals surface area (Å²) in [7, 11) is 4.15. The van der Waals surface area contributed by atoms with Crippen molar-refractivity contribution in [2.45, 2.75) is 32.7 Å². The van der Waals surface area contributed by atoms with Crippen LogP contribution < -0.4 is 4.74 Å². The summed E-state index contributed by atoms with van der Waals surface area (Å²) in [6, 6.07) is 8.30. The second kappa shape index (κ2) is 9.04. The lowest BCUT2D eigenvalue weighted by molar-refractivity contribution is -0.124. The van der Waals surface area contributed by atoms with Crippen LogP contribution in [0.3, 0.4) is 0 Å². The SMILES string of the molecule is CCC1CC(=O)CN(Cc2ccc(OCCCN(C)C)cc2)C1. The van der Waals surface area contributed by atoms with E-state index in [2.05, 4.69) is 43.0 Å². The lowest BCUT2D eigenvalue weighted by atomic mass is 9.94. The number of benzene rings is 1. The molecule has 2 rings (SSSR count). The quantitative estimate of drug-likeness (QED) is 0.690. The first-order chi connectivity index (χ1) is 11.1. The minimum absolute atomic E-state index is 0.379. The van der Waals surface area contributed by atoms with Gasteiger partial charge in [0.25, 0.3) is 0 Å². The van der Waals surface area contributed by atoms with Gasteiger partial charge in [-0.15, -0.1) is 0 Å². The summed E-state index contributed by atoms with van der Waals surface area (Å²) in [5, 5.41) is 0. The molecule has 1 aliphatic heterocycles. The number of likely N-dealkylation sites (tertiary alicyclic amines) is 1. The first-order valence-corrected chi connectivity index (χ1v) is 8.67. The van der Waals surface area contributed by atoms with Gasteiger partial charge in [-0.2, -0.15) is 0 Å². The average molecular weight is 318 g/mol. The van der Waals surface area contributed by atoms with Crippen molar-refractivity contribution in [3.8, 4) is 5.75 Å². The van der Waals surface area contributed by atoms with E-state index in [9.17, 15) is 4.79 Å². The molecule has 128 valence electrons. The van der Waals surface area contributed by atoms with Gasteiger partial charge in [0.1, 0.15) is 11.5 Å². The molecule has 23 heavy (non-hydrogen) atoms. The van der Waals surface area contributed by atoms with Crippen LogP contribution in [0.1, 0.15) is 31.7 Å². The van der Waals surface area contributed by atoms with Crippen molar-refractivity contribution in [2.24, 2.45) is 5.92 Å². The van der Waals surface area contributed by atoms with E-state index in [1.165, 1.54) is 5.56 Å². The Morgan fingerprint density at radius 2 is 2.00 bits per heavy atom. The first kappa shape index (κ1) is 18.0. The number of hydrogen-bond acceptors (Lipinski definition) is 4. The minimum Gasteiger partial charge on any atom is -0.494 e. The predicted molar refractivity (Wildman–Crippen MR) is 93.8 cm³/mol. The second-order valence-corrected chi connectivity index (χ2v) is 6.84. The zero-order valence-corrected chi connectivity index (χ0v) is 14.8. The zero-order valence-electron chi connectivity index (χ0n) is 14.8. The molecule has 1 atom stereocenters. The highest BCUT2D eigenvalue weighted by Gasteiger charge is 2.24. The fourth-order valence-corrected chi connectivity index (χ4v) is 3.04. The Labute approximate surface area is 140 Å². The standard InChI is InChI=1S/C19H30N2O2/c1-4-16-12-18(22)15-21(13-16)14-17-6-8-19(9-7-17)23-11-5-10-20(2)3/h6-9,16H,4-5,10-15H2,1-3H3. The number of ketones is 1. The average Bonchev–Trinajstić information content (AvgIpc) is 2.52. The van der Waals surface area contributed by atoms with Gasteiger partial charge in [-0.25, -0.2) is 0 Å². The monoisotopic (exact) mass is 318 g/mol. The Morgan fingerprint density at radius 3 is 2.65 bits per heavy atom. The van der Waals surface area contributed by atoms with Gasteiger partial charge in [-0.1, -0.05) is 25.5 Å². The number of carbonyl (C=O) groups is 1. The predicted octanol–water partition coefficient (Wildman–Crippen LogP) is 2.82. The number of hydrogen-bond donors (Lipinski definition) is 0. The van der Waals surface area contributed by atoms with E-state index in [0.29, 0.717) is 18.2 Å². The molecule has 4 heteroatoms. The third-order valence-electron chi connectivity index (χ3n) is 4.36. The molecular formula is C19H30N2O2. The van der Waals surface area contributed by atoms with Crippen LogP contribution in [0.2, 0.25) is 0 Å². The Kier molecular flexibility index (Phi) is 7.06. The van der Waals surface area contributed by atoms with Gasteiger partial charge in [-0.05, 0) is 44.1 Å². The normalized spacial score (nSPS) is 19.3. The Balaban J connectivity index is 1.79. The topological polar surface area (TPSA) is 32.8 Å². The van der Waals surface area contributed by atoms with Gasteiger partial charge < -0.3 is 9.64 Å². The van der Waals surface area contributed by atoms with Crippen molar-refractivity contribution >= 4 is 5.78 Å². The fraction of sp³-hybridized carbons (Fsp3) is 0.632. The highest BCUT2D eigenvalue weighted by atomic mass is 16.5. The van der Waals surface area contributed by atoms with Crippen LogP contribution in [0.15, 0.2) is 24.3 Å². The summed E-state index contributed by atoms with van der Waals surface area (Å²) in [5.41, 5.74) is 1.25. The summed E-state index contributed by atoms with van der Waals surface area (Å²) < 4.78 is 5.76. The van der Waals surface area contributed by atoms with E-state index >= 15 is 0 Å². The summed E-state index contributed by atoms with van der Waals surface area (Å²) in [6.07, 6.45) is 2.87. The molecule has 0 aliphatic carbocycles. The summed E-state index contributed by atoms with van der Waals surface area (Å²) in [5.74, 6) is 1.83. The van der Waals surface area contributed by atoms with E-state index in [-0.39, 0.29) is 0 Å². The van der Waals surface area contributed by atoms with E-state index in [4.69, 9.17) is 4.74 Å². The van der Waals surface area contributed by atoms with Gasteiger partial charge in [0.2, 0.25) is 0 Å². The molecule has 1 aliphatic rings. The molecule has 0 saturated carbocycles. The number of Topliss-reactive ketones (excluding diaryl/α,β-unsaturated/α-hetero) is 1. The van der Waals surface area contributed by atoms with Gasteiger partial charge in [0.05, 0.1) is 13.2 Å². The number of carbonyl (C=O) groups excluding carboxylic acids is 1. The molecule has 1 aromatic carbocycles. The van der Waals surface area contributed by atoms with E-state index in [1.54, 1.807) is 0 Å². The zero-order chi connectivity index (χ0) is 16.7. The van der Waals surface area contributed by atoms with Crippen LogP contribution in [0.4, 0.5) is 0 Å². The highest BCUT2D eigenvalue weighted by Crippen LogP contribution is 2.20. The van der Waals surface area contributed by atoms with Gasteiger partial charge in [0, 0.05) is 26.1 Å². The third-order valence-corrected chi connectivity index (χ3v) is 4.36. The molecule has 0 bridgehead atoms. The molecule has 0 amide bonds. The van der Waals surface area contributed by atoms with E-state index < -0.39 is 0 Å². The van der Waals surface area contributed by atoms with Gasteiger partial charge in [0.15, 0.2) is 0 Å². The van der Waals surface area contributed by atoms with Crippen LogP contribution in [0.25, 0.3) is 0 Å². The lowest BCUT2D eigenvalue weighted by Gasteiger charge is -2.31. The second-order valence-electron chi connectivity index (χ2n) is 6.84. The van der Waals surface area contributed by atoms with Crippen LogP contribution in [0.5, 0.6) is 5.75 Å². The van der Waals surface area contributed by atoms with Gasteiger partial charge >= 0.3 is 0 Å². The van der Waals surface area contributed by atoms with Crippen molar-refractivity contribution in [2.75, 3.05) is 40.3 Å². The molecule has 1 saturated heterocycles. The molecule has 1 unspecified atom stereocenters. The third kappa shape index (κ3) is 6.32.